The Morgan fingerprint density at radius 2 is 0.641 bits per heavy atom. The first-order valence-electron chi connectivity index (χ1n) is 30.5. The molecule has 8 aromatic rings. The van der Waals surface area contributed by atoms with Crippen LogP contribution >= 0.6 is 0 Å². The fourth-order valence-corrected chi connectivity index (χ4v) is 14.1. The Balaban J connectivity index is 1.12. The highest BCUT2D eigenvalue weighted by atomic mass is 28.4. The maximum absolute atomic E-state index is 15.5. The van der Waals surface area contributed by atoms with Gasteiger partial charge in [-0.1, -0.05) is 133 Å². The maximum atomic E-state index is 15.5. The standard InChI is InChI=1S/C71H56F26O4Si2/c1-7-102(3,4)100-53(37-59(72,73)62(76,77)64(80,81)66(84,85)68(88,89)70(92,93)94)39-98-51-27-21-43-31-49(25-19-45(43)33-51)61(57-35-47(41-15-11-9-12-16-41)23-29-55(57)56-30-24-48(36-58(56)61)42-17-13-10-14-18-42)50-26-20-46-34-52(28-22-44(46)32-50)99-40-54(101-103(5,6)8-2)38-60(74,75)63(78,79)65(82,83)67(86,87)69(90,91)71(95,96)97/h7-36,53-54H,1-2,37-40H2,3-6H3. The summed E-state index contributed by atoms with van der Waals surface area (Å²) >= 11 is 0. The van der Waals surface area contributed by atoms with E-state index >= 15 is 35.1 Å². The van der Waals surface area contributed by atoms with Crippen molar-refractivity contribution >= 4 is 38.2 Å². The van der Waals surface area contributed by atoms with E-state index in [1.165, 1.54) is 62.6 Å². The van der Waals surface area contributed by atoms with Crippen molar-refractivity contribution in [2.75, 3.05) is 13.2 Å². The van der Waals surface area contributed by atoms with Gasteiger partial charge in [0, 0.05) is 12.8 Å². The lowest BCUT2D eigenvalue weighted by molar-refractivity contribution is -0.440. The molecule has 0 saturated carbocycles. The van der Waals surface area contributed by atoms with Crippen LogP contribution in [0.15, 0.2) is 194 Å². The molecule has 2 atom stereocenters. The molecule has 0 bridgehead atoms. The molecule has 2 unspecified atom stereocenters. The minimum absolute atomic E-state index is 0.261. The quantitative estimate of drug-likeness (QED) is 0.0362. The Hall–Kier alpha value is -8.11. The molecule has 1 aliphatic carbocycles. The molecule has 103 heavy (non-hydrogen) atoms. The predicted octanol–water partition coefficient (Wildman–Crippen LogP) is 23.3. The zero-order valence-corrected chi connectivity index (χ0v) is 55.7. The summed E-state index contributed by atoms with van der Waals surface area (Å²) in [6.45, 7) is 9.20. The Labute approximate surface area is 571 Å². The first-order chi connectivity index (χ1) is 47.2. The second-order valence-corrected chi connectivity index (χ2v) is 33.3. The van der Waals surface area contributed by atoms with Crippen LogP contribution in [0.25, 0.3) is 54.9 Å². The van der Waals surface area contributed by atoms with Crippen molar-refractivity contribution < 1.29 is 132 Å². The van der Waals surface area contributed by atoms with Gasteiger partial charge in [-0.2, -0.15) is 114 Å². The van der Waals surface area contributed by atoms with Crippen LogP contribution in [0.4, 0.5) is 114 Å². The van der Waals surface area contributed by atoms with Crippen molar-refractivity contribution in [3.05, 3.63) is 217 Å². The molecule has 0 radical (unpaired) electrons. The van der Waals surface area contributed by atoms with Gasteiger partial charge in [0.2, 0.25) is 16.6 Å². The number of halogens is 26. The fraction of sp³-hybridized carbons (Fsp3) is 0.324. The van der Waals surface area contributed by atoms with E-state index in [-0.39, 0.29) is 11.5 Å². The highest BCUT2D eigenvalue weighted by Crippen LogP contribution is 2.64. The molecule has 1 aliphatic rings. The van der Waals surface area contributed by atoms with E-state index in [1.54, 1.807) is 72.8 Å². The van der Waals surface area contributed by atoms with Crippen LogP contribution in [0.1, 0.15) is 35.1 Å². The molecule has 0 fully saturated rings. The maximum Gasteiger partial charge on any atom is 0.460 e. The van der Waals surface area contributed by atoms with E-state index < -0.39 is 132 Å². The van der Waals surface area contributed by atoms with Gasteiger partial charge < -0.3 is 18.3 Å². The van der Waals surface area contributed by atoms with Crippen molar-refractivity contribution in [2.24, 2.45) is 0 Å². The van der Waals surface area contributed by atoms with Crippen molar-refractivity contribution in [1.82, 2.24) is 0 Å². The molecule has 554 valence electrons. The molecule has 0 aliphatic heterocycles. The molecule has 0 heterocycles. The lowest BCUT2D eigenvalue weighted by Gasteiger charge is -2.40. The minimum Gasteiger partial charge on any atom is -0.491 e. The van der Waals surface area contributed by atoms with E-state index in [9.17, 15) is 79.0 Å². The molecule has 0 N–H and O–H groups in total. The van der Waals surface area contributed by atoms with Crippen LogP contribution in [-0.4, -0.2) is 114 Å². The Morgan fingerprint density at radius 3 is 0.951 bits per heavy atom. The van der Waals surface area contributed by atoms with Gasteiger partial charge in [-0.3, -0.25) is 0 Å². The van der Waals surface area contributed by atoms with Gasteiger partial charge >= 0.3 is 71.6 Å². The van der Waals surface area contributed by atoms with Crippen LogP contribution in [-0.2, 0) is 14.3 Å². The molecule has 0 saturated heterocycles. The van der Waals surface area contributed by atoms with Gasteiger partial charge in [0.25, 0.3) is 0 Å². The lowest BCUT2D eigenvalue weighted by Crippen LogP contribution is -2.70. The Bertz CT molecular complexity index is 4160. The minimum atomic E-state index is -8.13. The third kappa shape index (κ3) is 13.8. The predicted molar refractivity (Wildman–Crippen MR) is 337 cm³/mol. The number of rotatable bonds is 28. The fourth-order valence-electron chi connectivity index (χ4n) is 11.9. The summed E-state index contributed by atoms with van der Waals surface area (Å²) in [4.78, 5) is 0. The van der Waals surface area contributed by atoms with E-state index in [0.29, 0.717) is 43.8 Å². The average Bonchev–Trinajstić information content (AvgIpc) is 1.61. The molecule has 0 aromatic heterocycles. The molecule has 8 aromatic carbocycles. The Kier molecular flexibility index (Phi) is 20.6. The third-order valence-electron chi connectivity index (χ3n) is 17.6. The third-order valence-corrected chi connectivity index (χ3v) is 21.4. The second kappa shape index (κ2) is 26.8. The summed E-state index contributed by atoms with van der Waals surface area (Å²) in [5, 5.41) is 1.39. The van der Waals surface area contributed by atoms with E-state index in [4.69, 9.17) is 18.3 Å². The molecule has 0 amide bonds. The van der Waals surface area contributed by atoms with Crippen LogP contribution < -0.4 is 9.47 Å². The first-order valence-corrected chi connectivity index (χ1v) is 36.5. The van der Waals surface area contributed by atoms with Crippen molar-refractivity contribution in [2.45, 2.75) is 128 Å². The lowest BCUT2D eigenvalue weighted by atomic mass is 9.66. The van der Waals surface area contributed by atoms with Crippen molar-refractivity contribution in [1.29, 1.82) is 0 Å². The monoisotopic (exact) mass is 1520 g/mol. The van der Waals surface area contributed by atoms with Gasteiger partial charge in [-0.25, -0.2) is 0 Å². The van der Waals surface area contributed by atoms with Crippen LogP contribution in [0, 0.1) is 0 Å². The Morgan fingerprint density at radius 1 is 0.340 bits per heavy atom. The number of fused-ring (bicyclic) bond motifs is 5. The normalized spacial score (nSPS) is 15.4. The van der Waals surface area contributed by atoms with Crippen LogP contribution in [0.2, 0.25) is 26.2 Å². The van der Waals surface area contributed by atoms with E-state index in [1.807, 2.05) is 60.7 Å². The molecule has 9 rings (SSSR count). The highest BCUT2D eigenvalue weighted by molar-refractivity contribution is 6.76. The topological polar surface area (TPSA) is 36.9 Å². The molecular weight excluding hydrogens is 1470 g/mol. The van der Waals surface area contributed by atoms with Crippen molar-refractivity contribution in [3.63, 3.8) is 0 Å². The van der Waals surface area contributed by atoms with Gasteiger partial charge in [-0.15, -0.1) is 13.2 Å². The largest absolute Gasteiger partial charge is 0.491 e. The number of alkyl halides is 26. The van der Waals surface area contributed by atoms with Gasteiger partial charge in [-0.05, 0) is 152 Å². The van der Waals surface area contributed by atoms with Crippen LogP contribution in [0.3, 0.4) is 0 Å². The molecule has 32 heteroatoms. The van der Waals surface area contributed by atoms with Crippen molar-refractivity contribution in [3.8, 4) is 44.9 Å². The van der Waals surface area contributed by atoms with Crippen LogP contribution in [0.5, 0.6) is 11.5 Å². The number of benzene rings is 8. The van der Waals surface area contributed by atoms with E-state index in [0.717, 1.165) is 44.8 Å². The zero-order valence-electron chi connectivity index (χ0n) is 53.7. The van der Waals surface area contributed by atoms with Gasteiger partial charge in [0.1, 0.15) is 24.7 Å². The zero-order chi connectivity index (χ0) is 76.8. The number of ether oxygens (including phenoxy) is 2. The summed E-state index contributed by atoms with van der Waals surface area (Å²) in [5.74, 6) is -77.0. The van der Waals surface area contributed by atoms with E-state index in [2.05, 4.69) is 13.2 Å². The summed E-state index contributed by atoms with van der Waals surface area (Å²) in [6.07, 6.45) is -25.7. The highest BCUT2D eigenvalue weighted by Gasteiger charge is 2.92. The molecular formula is C71H56F26O4Si2. The van der Waals surface area contributed by atoms with Gasteiger partial charge in [0.05, 0.1) is 17.6 Å². The summed E-state index contributed by atoms with van der Waals surface area (Å²) in [6, 6.07) is 47.8. The molecule has 0 spiro atoms. The van der Waals surface area contributed by atoms with Gasteiger partial charge in [0.15, 0.2) is 0 Å². The smallest absolute Gasteiger partial charge is 0.460 e. The summed E-state index contributed by atoms with van der Waals surface area (Å²) < 4.78 is 393. The number of hydrogen-bond acceptors (Lipinski definition) is 4. The first kappa shape index (κ1) is 79.0. The average molecular weight is 1520 g/mol. The second-order valence-electron chi connectivity index (χ2n) is 25.6. The summed E-state index contributed by atoms with van der Waals surface area (Å²) in [7, 11) is -7.10. The SMILES string of the molecule is C=C[Si](C)(C)OC(COc1ccc2cc(C3(c4ccc5cc(OCC(CC(F)(F)C(F)(F)C(F)(F)C(F)(F)C(F)(F)C(F)(F)F)O[Si](C)(C)C=C)ccc5c4)c4cc(-c5ccccc5)ccc4-c4ccc(-c5ccccc5)cc43)ccc2c1)CC(F)(F)C(F)(F)C(F)(F)C(F)(F)C(F)(F)C(F)(F)F. The number of hydrogen-bond donors (Lipinski definition) is 0. The summed E-state index contributed by atoms with van der Waals surface area (Å²) in [5.41, 5.74) is 7.51. The molecule has 4 nitrogen and oxygen atoms in total.